The van der Waals surface area contributed by atoms with Crippen molar-refractivity contribution in [3.8, 4) is 5.75 Å². The highest BCUT2D eigenvalue weighted by molar-refractivity contribution is 5.30. The number of hydrogen-bond donors (Lipinski definition) is 1. The first-order valence-electron chi connectivity index (χ1n) is 7.90. The molecule has 1 atom stereocenters. The lowest BCUT2D eigenvalue weighted by Gasteiger charge is -2.40. The van der Waals surface area contributed by atoms with E-state index in [1.165, 1.54) is 0 Å². The summed E-state index contributed by atoms with van der Waals surface area (Å²) in [5, 5.41) is 10.8. The Morgan fingerprint density at radius 1 is 1.24 bits per heavy atom. The topological polar surface area (TPSA) is 47.9 Å². The van der Waals surface area contributed by atoms with Gasteiger partial charge in [-0.15, -0.1) is 0 Å². The van der Waals surface area contributed by atoms with Gasteiger partial charge in [0.25, 0.3) is 0 Å². The lowest BCUT2D eigenvalue weighted by Crippen LogP contribution is -2.44. The molecule has 0 aromatic heterocycles. The predicted molar refractivity (Wildman–Crippen MR) is 79.5 cm³/mol. The first-order chi connectivity index (χ1) is 10.2. The molecule has 1 unspecified atom stereocenters. The van der Waals surface area contributed by atoms with Crippen molar-refractivity contribution in [2.24, 2.45) is 0 Å². The molecule has 0 bridgehead atoms. The maximum atomic E-state index is 10.8. The Balaban J connectivity index is 1.73. The average molecular weight is 292 g/mol. The Morgan fingerprint density at radius 2 is 1.90 bits per heavy atom. The Hall–Kier alpha value is -1.10. The third-order valence-corrected chi connectivity index (χ3v) is 4.29. The lowest BCUT2D eigenvalue weighted by atomic mass is 9.84. The van der Waals surface area contributed by atoms with E-state index in [1.807, 2.05) is 31.2 Å². The molecule has 0 amide bonds. The van der Waals surface area contributed by atoms with E-state index in [0.29, 0.717) is 25.9 Å². The smallest absolute Gasteiger partial charge is 0.119 e. The van der Waals surface area contributed by atoms with Crippen molar-refractivity contribution in [3.05, 3.63) is 29.8 Å². The number of benzene rings is 1. The summed E-state index contributed by atoms with van der Waals surface area (Å²) >= 11 is 0. The average Bonchev–Trinajstić information content (AvgIpc) is 3.33. The molecule has 116 valence electrons. The summed E-state index contributed by atoms with van der Waals surface area (Å²) < 4.78 is 17.1. The Kier molecular flexibility index (Phi) is 4.48. The minimum absolute atomic E-state index is 0.394. The lowest BCUT2D eigenvalue weighted by molar-refractivity contribution is -0.168. The van der Waals surface area contributed by atoms with Crippen molar-refractivity contribution in [2.45, 2.75) is 50.4 Å². The van der Waals surface area contributed by atoms with Crippen molar-refractivity contribution in [1.82, 2.24) is 0 Å². The fraction of sp³-hybridized carbons (Fsp3) is 0.647. The van der Waals surface area contributed by atoms with E-state index >= 15 is 0 Å². The van der Waals surface area contributed by atoms with Gasteiger partial charge in [-0.25, -0.2) is 0 Å². The second-order valence-electron chi connectivity index (χ2n) is 5.90. The summed E-state index contributed by atoms with van der Waals surface area (Å²) in [5.74, 6) is 0.880. The zero-order chi connectivity index (χ0) is 14.7. The van der Waals surface area contributed by atoms with Crippen LogP contribution in [0.1, 0.15) is 44.3 Å². The van der Waals surface area contributed by atoms with Crippen LogP contribution >= 0.6 is 0 Å². The van der Waals surface area contributed by atoms with Crippen molar-refractivity contribution < 1.29 is 19.3 Å². The molecule has 1 saturated heterocycles. The summed E-state index contributed by atoms with van der Waals surface area (Å²) in [6.45, 7) is 3.84. The third-order valence-electron chi connectivity index (χ3n) is 4.29. The van der Waals surface area contributed by atoms with Crippen LogP contribution in [0.25, 0.3) is 0 Å². The Labute approximate surface area is 126 Å². The molecule has 1 heterocycles. The molecule has 1 saturated carbocycles. The normalized spacial score (nSPS) is 22.8. The van der Waals surface area contributed by atoms with Crippen LogP contribution < -0.4 is 4.74 Å². The van der Waals surface area contributed by atoms with Crippen LogP contribution in [-0.2, 0) is 9.47 Å². The van der Waals surface area contributed by atoms with Gasteiger partial charge in [-0.05, 0) is 37.5 Å². The van der Waals surface area contributed by atoms with E-state index in [1.54, 1.807) is 0 Å². The van der Waals surface area contributed by atoms with Crippen molar-refractivity contribution in [3.63, 3.8) is 0 Å². The first-order valence-corrected chi connectivity index (χ1v) is 7.90. The van der Waals surface area contributed by atoms with E-state index in [0.717, 1.165) is 37.0 Å². The summed E-state index contributed by atoms with van der Waals surface area (Å²) in [7, 11) is 0. The van der Waals surface area contributed by atoms with Crippen LogP contribution in [-0.4, -0.2) is 36.6 Å². The van der Waals surface area contributed by atoms with Crippen molar-refractivity contribution in [2.75, 3.05) is 19.8 Å². The second-order valence-corrected chi connectivity index (χ2v) is 5.90. The molecular weight excluding hydrogens is 268 g/mol. The minimum Gasteiger partial charge on any atom is -0.490 e. The molecule has 4 heteroatoms. The molecule has 0 radical (unpaired) electrons. The summed E-state index contributed by atoms with van der Waals surface area (Å²) in [5.41, 5.74) is 0.361. The number of hydrogen-bond acceptors (Lipinski definition) is 4. The Morgan fingerprint density at radius 3 is 2.48 bits per heavy atom. The van der Waals surface area contributed by atoms with Crippen LogP contribution in [0.5, 0.6) is 5.75 Å². The molecule has 4 nitrogen and oxygen atoms in total. The van der Waals surface area contributed by atoms with Crippen molar-refractivity contribution in [1.29, 1.82) is 0 Å². The molecule has 2 fully saturated rings. The van der Waals surface area contributed by atoms with Gasteiger partial charge in [-0.1, -0.05) is 12.1 Å². The van der Waals surface area contributed by atoms with Gasteiger partial charge in [0.05, 0.1) is 6.10 Å². The first kappa shape index (κ1) is 14.8. The van der Waals surface area contributed by atoms with Gasteiger partial charge in [0, 0.05) is 32.7 Å². The SMILES string of the molecule is CCOC1(C(O)c2ccc(OC3CC3)cc2)CCOCC1. The van der Waals surface area contributed by atoms with Gasteiger partial charge in [0.2, 0.25) is 0 Å². The Bertz CT molecular complexity index is 441. The van der Waals surface area contributed by atoms with E-state index in [-0.39, 0.29) is 0 Å². The summed E-state index contributed by atoms with van der Waals surface area (Å²) in [6.07, 6.45) is 3.52. The molecule has 1 aromatic rings. The van der Waals surface area contributed by atoms with E-state index < -0.39 is 11.7 Å². The van der Waals surface area contributed by atoms with Crippen LogP contribution in [0, 0.1) is 0 Å². The predicted octanol–water partition coefficient (Wildman–Crippen LogP) is 2.85. The van der Waals surface area contributed by atoms with Gasteiger partial charge in [-0.2, -0.15) is 0 Å². The second kappa shape index (κ2) is 6.34. The fourth-order valence-corrected chi connectivity index (χ4v) is 2.91. The molecule has 1 aliphatic carbocycles. The molecule has 3 rings (SSSR count). The van der Waals surface area contributed by atoms with Crippen LogP contribution in [0.2, 0.25) is 0 Å². The standard InChI is InChI=1S/C17H24O4/c1-2-20-17(9-11-19-12-10-17)16(18)13-3-5-14(6-4-13)21-15-7-8-15/h3-6,15-16,18H,2,7-12H2,1H3. The quantitative estimate of drug-likeness (QED) is 0.876. The number of aliphatic hydroxyl groups is 1. The van der Waals surface area contributed by atoms with Crippen LogP contribution in [0.3, 0.4) is 0 Å². The highest BCUT2D eigenvalue weighted by atomic mass is 16.5. The molecule has 1 aliphatic heterocycles. The third kappa shape index (κ3) is 3.39. The molecule has 1 N–H and O–H groups in total. The van der Waals surface area contributed by atoms with Crippen molar-refractivity contribution >= 4 is 0 Å². The van der Waals surface area contributed by atoms with Gasteiger partial charge in [-0.3, -0.25) is 0 Å². The number of ether oxygens (including phenoxy) is 3. The molecule has 2 aliphatic rings. The van der Waals surface area contributed by atoms with Gasteiger partial charge in [0.15, 0.2) is 0 Å². The highest BCUT2D eigenvalue weighted by Crippen LogP contribution is 2.38. The van der Waals surface area contributed by atoms with Gasteiger partial charge < -0.3 is 19.3 Å². The highest BCUT2D eigenvalue weighted by Gasteiger charge is 2.41. The van der Waals surface area contributed by atoms with E-state index in [2.05, 4.69) is 0 Å². The minimum atomic E-state index is -0.628. The van der Waals surface area contributed by atoms with Crippen LogP contribution in [0.15, 0.2) is 24.3 Å². The zero-order valence-electron chi connectivity index (χ0n) is 12.6. The molecular formula is C17H24O4. The largest absolute Gasteiger partial charge is 0.490 e. The van der Waals surface area contributed by atoms with Crippen LogP contribution in [0.4, 0.5) is 0 Å². The molecule has 1 aromatic carbocycles. The summed E-state index contributed by atoms with van der Waals surface area (Å²) in [4.78, 5) is 0. The number of aliphatic hydroxyl groups excluding tert-OH is 1. The summed E-state index contributed by atoms with van der Waals surface area (Å²) in [6, 6.07) is 7.77. The number of rotatable bonds is 6. The zero-order valence-corrected chi connectivity index (χ0v) is 12.6. The monoisotopic (exact) mass is 292 g/mol. The van der Waals surface area contributed by atoms with Gasteiger partial charge in [0.1, 0.15) is 17.5 Å². The molecule has 21 heavy (non-hydrogen) atoms. The van der Waals surface area contributed by atoms with E-state index in [4.69, 9.17) is 14.2 Å². The maximum absolute atomic E-state index is 10.8. The fourth-order valence-electron chi connectivity index (χ4n) is 2.91. The molecule has 0 spiro atoms. The van der Waals surface area contributed by atoms with Gasteiger partial charge >= 0.3 is 0 Å². The maximum Gasteiger partial charge on any atom is 0.119 e. The van der Waals surface area contributed by atoms with E-state index in [9.17, 15) is 5.11 Å².